The van der Waals surface area contributed by atoms with Gasteiger partial charge in [-0.25, -0.2) is 4.98 Å². The van der Waals surface area contributed by atoms with Crippen molar-refractivity contribution >= 4 is 45.2 Å². The molecule has 0 amide bonds. The van der Waals surface area contributed by atoms with Crippen molar-refractivity contribution in [2.45, 2.75) is 0 Å². The van der Waals surface area contributed by atoms with E-state index in [4.69, 9.17) is 0 Å². The summed E-state index contributed by atoms with van der Waals surface area (Å²) in [6, 6.07) is 3.84. The van der Waals surface area contributed by atoms with Gasteiger partial charge in [0.25, 0.3) is 0 Å². The second kappa shape index (κ2) is 19.8. The number of pyridine rings is 1. The Morgan fingerprint density at radius 3 is 1.26 bits per heavy atom. The van der Waals surface area contributed by atoms with Gasteiger partial charge in [0.05, 0.1) is 11.8 Å². The van der Waals surface area contributed by atoms with Gasteiger partial charge in [-0.05, 0) is 121 Å². The fraction of sp³-hybridized carbons (Fsp3) is 0. The Kier molecular flexibility index (Phi) is 19.1. The van der Waals surface area contributed by atoms with Crippen LogP contribution in [0.4, 0.5) is 0 Å². The maximum absolute atomic E-state index is 4.30. The smallest absolute Gasteiger partial charge is 0.246 e. The quantitative estimate of drug-likeness (QED) is 0.176. The third-order valence-corrected chi connectivity index (χ3v) is 5.46. The molecule has 0 atom stereocenters. The molecule has 0 spiro atoms. The van der Waals surface area contributed by atoms with Crippen molar-refractivity contribution in [3.8, 4) is 23.7 Å². The molecular weight excluding hydrogens is 728 g/mol. The summed E-state index contributed by atoms with van der Waals surface area (Å²) in [6.07, 6.45) is 34.0. The van der Waals surface area contributed by atoms with Crippen LogP contribution in [-0.4, -0.2) is 4.98 Å². The van der Waals surface area contributed by atoms with Crippen LogP contribution >= 0.6 is 45.2 Å². The van der Waals surface area contributed by atoms with Gasteiger partial charge in [0, 0.05) is 19.6 Å². The monoisotopic (exact) mass is 747 g/mol. The molecule has 1 aromatic rings. The Bertz CT molecular complexity index is 699. The fourth-order valence-corrected chi connectivity index (χ4v) is 3.27. The minimum Gasteiger partial charge on any atom is -0.246 e. The molecule has 0 aromatic carbocycles. The van der Waals surface area contributed by atoms with Crippen LogP contribution in [0.1, 0.15) is 11.3 Å². The van der Waals surface area contributed by atoms with Gasteiger partial charge in [-0.1, -0.05) is 62.9 Å². The Hall–Kier alpha value is 0.769. The molecule has 0 bridgehead atoms. The van der Waals surface area contributed by atoms with Crippen LogP contribution in [0.5, 0.6) is 0 Å². The Labute approximate surface area is 257 Å². The van der Waals surface area contributed by atoms with Gasteiger partial charge in [0.2, 0.25) is 0 Å². The third-order valence-electron chi connectivity index (χ3n) is 4.02. The minimum absolute atomic E-state index is 0. The molecule has 20 radical (unpaired) electrons. The van der Waals surface area contributed by atoms with Gasteiger partial charge in [-0.3, -0.25) is 0 Å². The summed E-state index contributed by atoms with van der Waals surface area (Å²) < 4.78 is 2.63. The zero-order valence-electron chi connectivity index (χ0n) is 17.9. The van der Waals surface area contributed by atoms with E-state index in [1.807, 2.05) is 89.2 Å². The van der Waals surface area contributed by atoms with Gasteiger partial charge < -0.3 is 0 Å². The normalized spacial score (nSPS) is 20.3. The van der Waals surface area contributed by atoms with E-state index in [9.17, 15) is 0 Å². The molecule has 34 heavy (non-hydrogen) atoms. The van der Waals surface area contributed by atoms with E-state index in [2.05, 4.69) is 99.5 Å². The molecule has 5 rings (SSSR count). The van der Waals surface area contributed by atoms with Gasteiger partial charge in [0.15, 0.2) is 0 Å². The molecule has 1 aromatic heterocycles. The molecule has 4 aliphatic rings. The average molecular weight is 747 g/mol. The first-order chi connectivity index (χ1) is 15.7. The second-order valence-corrected chi connectivity index (χ2v) is 8.98. The molecule has 0 N–H and O–H groups in total. The van der Waals surface area contributed by atoms with Gasteiger partial charge in [-0.2, -0.15) is 0 Å². The molecule has 0 unspecified atom stereocenters. The predicted octanol–water partition coefficient (Wildman–Crippen LogP) is 6.16. The summed E-state index contributed by atoms with van der Waals surface area (Å²) in [6.45, 7) is 0. The summed E-state index contributed by atoms with van der Waals surface area (Å²) in [5.41, 5.74) is 1.65. The van der Waals surface area contributed by atoms with Crippen molar-refractivity contribution in [1.29, 1.82) is 0 Å². The first-order valence-corrected chi connectivity index (χ1v) is 12.0. The zero-order valence-corrected chi connectivity index (χ0v) is 24.4. The standard InChI is InChI=1S/C19H11N.2C5H4I.2Fe/c1-2-6-16(5-1)9-10-18-12-14-19(20-15-18)13-11-17-7-3-4-8-17;2*6-5-3-1-2-4-5;;/h1-8,12,14-15H;2*1-4H;;/q;;;2*+2. The van der Waals surface area contributed by atoms with E-state index in [-0.39, 0.29) is 34.1 Å². The number of aromatic nitrogens is 1. The van der Waals surface area contributed by atoms with E-state index in [1.54, 1.807) is 6.20 Å². The van der Waals surface area contributed by atoms with Crippen LogP contribution in [0, 0.1) is 146 Å². The SMILES string of the molecule is C(#Cc1ccc(C#C[C]2[CH][CH][CH][CH]2)nc1)[C]1[CH][CH][CH][CH]1.I[C]1[CH][CH][CH][CH]1.I[C]1[CH][CH][CH][CH]1.[Fe+2].[Fe+2]. The molecule has 4 aliphatic carbocycles. The Balaban J connectivity index is 0.000000340. The summed E-state index contributed by atoms with van der Waals surface area (Å²) in [4.78, 5) is 4.30. The molecule has 5 heteroatoms. The van der Waals surface area contributed by atoms with Crippen LogP contribution < -0.4 is 0 Å². The molecule has 0 saturated heterocycles. The summed E-state index contributed by atoms with van der Waals surface area (Å²) >= 11 is 4.55. The molecule has 0 aliphatic heterocycles. The second-order valence-electron chi connectivity index (χ2n) is 6.49. The number of nitrogens with zero attached hydrogens (tertiary/aromatic N) is 1. The van der Waals surface area contributed by atoms with Crippen molar-refractivity contribution < 1.29 is 34.1 Å². The third kappa shape index (κ3) is 13.9. The van der Waals surface area contributed by atoms with Gasteiger partial charge in [0.1, 0.15) is 5.69 Å². The number of halogens is 2. The molecule has 4 saturated carbocycles. The zero-order chi connectivity index (χ0) is 22.4. The first kappa shape index (κ1) is 32.8. The maximum atomic E-state index is 4.30. The minimum atomic E-state index is 0. The van der Waals surface area contributed by atoms with Crippen molar-refractivity contribution in [2.75, 3.05) is 0 Å². The molecule has 1 nitrogen and oxygen atoms in total. The average Bonchev–Trinajstić information content (AvgIpc) is 3.62. The predicted molar refractivity (Wildman–Crippen MR) is 148 cm³/mol. The Morgan fingerprint density at radius 1 is 0.500 bits per heavy atom. The molecule has 4 fully saturated rings. The van der Waals surface area contributed by atoms with Crippen molar-refractivity contribution in [1.82, 2.24) is 4.98 Å². The molecular formula is C29H19Fe2I2N+4. The van der Waals surface area contributed by atoms with Crippen LogP contribution in [0.3, 0.4) is 0 Å². The largest absolute Gasteiger partial charge is 2.00 e. The number of hydrogen-bond donors (Lipinski definition) is 0. The van der Waals surface area contributed by atoms with Crippen molar-refractivity contribution in [3.63, 3.8) is 0 Å². The van der Waals surface area contributed by atoms with Gasteiger partial charge >= 0.3 is 34.1 Å². The van der Waals surface area contributed by atoms with E-state index in [0.29, 0.717) is 0 Å². The van der Waals surface area contributed by atoms with Gasteiger partial charge in [-0.15, -0.1) is 0 Å². The topological polar surface area (TPSA) is 12.9 Å². The summed E-state index contributed by atoms with van der Waals surface area (Å²) in [5, 5.41) is 0. The maximum Gasteiger partial charge on any atom is 2.00 e. The molecule has 166 valence electrons. The van der Waals surface area contributed by atoms with E-state index in [0.717, 1.165) is 23.1 Å². The number of rotatable bonds is 0. The van der Waals surface area contributed by atoms with Crippen LogP contribution in [0.25, 0.3) is 0 Å². The van der Waals surface area contributed by atoms with Crippen LogP contribution in [0.2, 0.25) is 0 Å². The van der Waals surface area contributed by atoms with Crippen LogP contribution in [0.15, 0.2) is 18.3 Å². The Morgan fingerprint density at radius 2 is 0.912 bits per heavy atom. The van der Waals surface area contributed by atoms with Crippen molar-refractivity contribution in [2.24, 2.45) is 0 Å². The van der Waals surface area contributed by atoms with E-state index < -0.39 is 0 Å². The summed E-state index contributed by atoms with van der Waals surface area (Å²) in [7, 11) is 0. The van der Waals surface area contributed by atoms with Crippen LogP contribution in [-0.2, 0) is 34.1 Å². The first-order valence-electron chi connectivity index (χ1n) is 9.87. The van der Waals surface area contributed by atoms with Crippen molar-refractivity contribution in [3.05, 3.63) is 152 Å². The molecule has 1 heterocycles. The fourth-order valence-electron chi connectivity index (χ4n) is 2.44. The van der Waals surface area contributed by atoms with E-state index >= 15 is 0 Å². The van der Waals surface area contributed by atoms with E-state index in [1.165, 1.54) is 7.85 Å². The number of hydrogen-bond acceptors (Lipinski definition) is 1. The summed E-state index contributed by atoms with van der Waals surface area (Å²) in [5.74, 6) is 14.3.